The number of sulfonamides is 1. The Labute approximate surface area is 145 Å². The molecule has 0 radical (unpaired) electrons. The van der Waals surface area contributed by atoms with Gasteiger partial charge in [0.05, 0.1) is 38.7 Å². The normalized spacial score (nSPS) is 21.5. The van der Waals surface area contributed by atoms with Gasteiger partial charge in [-0.2, -0.15) is 0 Å². The Kier molecular flexibility index (Phi) is 6.89. The van der Waals surface area contributed by atoms with Gasteiger partial charge in [-0.15, -0.1) is 0 Å². The van der Waals surface area contributed by atoms with Crippen LogP contribution in [0, 0.1) is 5.92 Å². The van der Waals surface area contributed by atoms with Crippen LogP contribution >= 0.6 is 0 Å². The molecule has 1 saturated heterocycles. The topological polar surface area (TPSA) is 69.1 Å². The summed E-state index contributed by atoms with van der Waals surface area (Å²) in [6.45, 7) is 6.16. The molecule has 0 amide bonds. The third-order valence-corrected chi connectivity index (χ3v) is 6.10. The highest BCUT2D eigenvalue weighted by Gasteiger charge is 2.19. The molecule has 2 N–H and O–H groups in total. The number of ether oxygens (including phenoxy) is 2. The number of rotatable bonds is 8. The molecule has 1 fully saturated rings. The summed E-state index contributed by atoms with van der Waals surface area (Å²) in [5.74, 6) is 1.75. The Morgan fingerprint density at radius 1 is 1.17 bits per heavy atom. The van der Waals surface area contributed by atoms with Crippen LogP contribution in [0.3, 0.4) is 0 Å². The molecule has 0 atom stereocenters. The van der Waals surface area contributed by atoms with Gasteiger partial charge in [-0.3, -0.25) is 0 Å². The Balaban J connectivity index is 1.85. The van der Waals surface area contributed by atoms with E-state index in [0.717, 1.165) is 18.9 Å². The Hall–Kier alpha value is -1.31. The lowest BCUT2D eigenvalue weighted by Crippen LogP contribution is -3.13. The van der Waals surface area contributed by atoms with Crippen LogP contribution in [-0.4, -0.2) is 48.8 Å². The van der Waals surface area contributed by atoms with Gasteiger partial charge in [0.25, 0.3) is 0 Å². The van der Waals surface area contributed by atoms with Crippen molar-refractivity contribution in [3.8, 4) is 11.5 Å². The number of quaternary nitrogens is 1. The van der Waals surface area contributed by atoms with Gasteiger partial charge in [-0.25, -0.2) is 13.1 Å². The van der Waals surface area contributed by atoms with Crippen LogP contribution in [0.2, 0.25) is 0 Å². The predicted octanol–water partition coefficient (Wildman–Crippen LogP) is 0.687. The van der Waals surface area contributed by atoms with Crippen molar-refractivity contribution in [2.45, 2.75) is 31.1 Å². The fraction of sp³-hybridized carbons (Fsp3) is 0.647. The van der Waals surface area contributed by atoms with Gasteiger partial charge in [0.2, 0.25) is 10.0 Å². The second-order valence-electron chi connectivity index (χ2n) is 6.45. The molecular formula is C17H29N2O4S+. The van der Waals surface area contributed by atoms with Gasteiger partial charge < -0.3 is 14.4 Å². The highest BCUT2D eigenvalue weighted by atomic mass is 32.2. The molecule has 1 aromatic carbocycles. The van der Waals surface area contributed by atoms with Crippen molar-refractivity contribution in [2.24, 2.45) is 5.92 Å². The standard InChI is InChI=1S/C17H28N2O4S/c1-14-7-11-19(12-8-14)10-4-9-18-24(20,21)15-5-6-16(22-2)17(13-15)23-3/h5-6,13-14,18H,4,7-12H2,1-3H3/p+1. The van der Waals surface area contributed by atoms with Gasteiger partial charge in [0.1, 0.15) is 0 Å². The van der Waals surface area contributed by atoms with Gasteiger partial charge in [0.15, 0.2) is 11.5 Å². The molecule has 0 spiro atoms. The van der Waals surface area contributed by atoms with Gasteiger partial charge >= 0.3 is 0 Å². The van der Waals surface area contributed by atoms with E-state index in [-0.39, 0.29) is 4.90 Å². The second-order valence-corrected chi connectivity index (χ2v) is 8.22. The Morgan fingerprint density at radius 2 is 1.83 bits per heavy atom. The molecule has 1 aliphatic heterocycles. The third kappa shape index (κ3) is 5.09. The molecule has 1 aromatic rings. The lowest BCUT2D eigenvalue weighted by Gasteiger charge is -2.27. The summed E-state index contributed by atoms with van der Waals surface area (Å²) < 4.78 is 37.7. The van der Waals surface area contributed by atoms with E-state index in [1.54, 1.807) is 11.0 Å². The number of likely N-dealkylation sites (tertiary alicyclic amines) is 1. The van der Waals surface area contributed by atoms with Crippen molar-refractivity contribution in [1.29, 1.82) is 0 Å². The summed E-state index contributed by atoms with van der Waals surface area (Å²) in [5, 5.41) is 0. The monoisotopic (exact) mass is 357 g/mol. The van der Waals surface area contributed by atoms with E-state index in [2.05, 4.69) is 11.6 Å². The van der Waals surface area contributed by atoms with Crippen LogP contribution in [0.15, 0.2) is 23.1 Å². The maximum atomic E-state index is 12.4. The van der Waals surface area contributed by atoms with Gasteiger partial charge in [0, 0.05) is 19.0 Å². The minimum atomic E-state index is -3.52. The molecule has 0 unspecified atom stereocenters. The van der Waals surface area contributed by atoms with Crippen LogP contribution in [-0.2, 0) is 10.0 Å². The van der Waals surface area contributed by atoms with E-state index in [4.69, 9.17) is 9.47 Å². The Morgan fingerprint density at radius 3 is 2.46 bits per heavy atom. The van der Waals surface area contributed by atoms with E-state index in [1.165, 1.54) is 52.3 Å². The summed E-state index contributed by atoms with van der Waals surface area (Å²) in [6.07, 6.45) is 3.38. The molecule has 24 heavy (non-hydrogen) atoms. The molecule has 1 heterocycles. The van der Waals surface area contributed by atoms with Crippen LogP contribution < -0.4 is 19.1 Å². The summed E-state index contributed by atoms with van der Waals surface area (Å²) in [4.78, 5) is 1.78. The predicted molar refractivity (Wildman–Crippen MR) is 93.3 cm³/mol. The number of methoxy groups -OCH3 is 2. The maximum absolute atomic E-state index is 12.4. The zero-order valence-corrected chi connectivity index (χ0v) is 15.6. The van der Waals surface area contributed by atoms with Crippen LogP contribution in [0.5, 0.6) is 11.5 Å². The first-order valence-corrected chi connectivity index (χ1v) is 10.00. The van der Waals surface area contributed by atoms with Crippen molar-refractivity contribution < 1.29 is 22.8 Å². The van der Waals surface area contributed by atoms with E-state index in [1.807, 2.05) is 0 Å². The SMILES string of the molecule is COc1ccc(S(=O)(=O)NCCC[NH+]2CCC(C)CC2)cc1OC. The van der Waals surface area contributed by atoms with E-state index < -0.39 is 10.0 Å². The van der Waals surface area contributed by atoms with Crippen LogP contribution in [0.1, 0.15) is 26.2 Å². The molecule has 136 valence electrons. The summed E-state index contributed by atoms with van der Waals surface area (Å²) in [7, 11) is -0.513. The molecule has 1 aliphatic rings. The summed E-state index contributed by atoms with van der Waals surface area (Å²) in [5.41, 5.74) is 0. The van der Waals surface area contributed by atoms with Crippen LogP contribution in [0.25, 0.3) is 0 Å². The lowest BCUT2D eigenvalue weighted by atomic mass is 9.99. The van der Waals surface area contributed by atoms with Crippen LogP contribution in [0.4, 0.5) is 0 Å². The van der Waals surface area contributed by atoms with Gasteiger partial charge in [-0.05, 0) is 30.9 Å². The lowest BCUT2D eigenvalue weighted by molar-refractivity contribution is -0.906. The molecule has 0 aliphatic carbocycles. The minimum absolute atomic E-state index is 0.194. The van der Waals surface area contributed by atoms with E-state index in [0.29, 0.717) is 18.0 Å². The first-order chi connectivity index (χ1) is 11.5. The van der Waals surface area contributed by atoms with Crippen molar-refractivity contribution in [3.63, 3.8) is 0 Å². The zero-order chi connectivity index (χ0) is 17.6. The minimum Gasteiger partial charge on any atom is -0.493 e. The maximum Gasteiger partial charge on any atom is 0.240 e. The number of hydrogen-bond acceptors (Lipinski definition) is 4. The molecule has 0 bridgehead atoms. The molecule has 0 aromatic heterocycles. The molecular weight excluding hydrogens is 328 g/mol. The first-order valence-electron chi connectivity index (χ1n) is 8.51. The van der Waals surface area contributed by atoms with Crippen molar-refractivity contribution in [2.75, 3.05) is 40.4 Å². The number of piperidine rings is 1. The fourth-order valence-corrected chi connectivity index (χ4v) is 4.12. The van der Waals surface area contributed by atoms with E-state index in [9.17, 15) is 8.42 Å². The largest absolute Gasteiger partial charge is 0.493 e. The van der Waals surface area contributed by atoms with Gasteiger partial charge in [-0.1, -0.05) is 6.92 Å². The zero-order valence-electron chi connectivity index (χ0n) is 14.8. The molecule has 6 nitrogen and oxygen atoms in total. The highest BCUT2D eigenvalue weighted by Crippen LogP contribution is 2.29. The summed E-state index contributed by atoms with van der Waals surface area (Å²) in [6, 6.07) is 4.62. The highest BCUT2D eigenvalue weighted by molar-refractivity contribution is 7.89. The number of nitrogens with one attached hydrogen (secondary N) is 2. The average molecular weight is 357 g/mol. The molecule has 7 heteroatoms. The average Bonchev–Trinajstić information content (AvgIpc) is 2.59. The van der Waals surface area contributed by atoms with E-state index >= 15 is 0 Å². The quantitative estimate of drug-likeness (QED) is 0.672. The second kappa shape index (κ2) is 8.69. The molecule has 0 saturated carbocycles. The van der Waals surface area contributed by atoms with Crippen molar-refractivity contribution in [1.82, 2.24) is 4.72 Å². The first kappa shape index (κ1) is 19.0. The smallest absolute Gasteiger partial charge is 0.240 e. The van der Waals surface area contributed by atoms with Crippen molar-refractivity contribution >= 4 is 10.0 Å². The number of hydrogen-bond donors (Lipinski definition) is 2. The Bertz CT molecular complexity index is 625. The molecule has 2 rings (SSSR count). The third-order valence-electron chi connectivity index (χ3n) is 4.65. The van der Waals surface area contributed by atoms with Crippen molar-refractivity contribution in [3.05, 3.63) is 18.2 Å². The summed E-state index contributed by atoms with van der Waals surface area (Å²) >= 11 is 0. The number of benzene rings is 1. The fourth-order valence-electron chi connectivity index (χ4n) is 3.03.